The Morgan fingerprint density at radius 2 is 1.81 bits per heavy atom. The minimum atomic E-state index is -0.0611. The summed E-state index contributed by atoms with van der Waals surface area (Å²) < 4.78 is 6.65. The molecule has 1 aromatic heterocycles. The minimum absolute atomic E-state index is 0.0611. The quantitative estimate of drug-likeness (QED) is 0.274. The van der Waals surface area contributed by atoms with E-state index in [0.29, 0.717) is 39.5 Å². The molecule has 0 atom stereocenters. The highest BCUT2D eigenvalue weighted by atomic mass is 127. The van der Waals surface area contributed by atoms with Gasteiger partial charge in [-0.2, -0.15) is 0 Å². The van der Waals surface area contributed by atoms with Crippen LogP contribution in [0, 0.1) is 3.57 Å². The van der Waals surface area contributed by atoms with E-state index in [-0.39, 0.29) is 12.5 Å². The number of hydrogen-bond donors (Lipinski definition) is 0. The van der Waals surface area contributed by atoms with Gasteiger partial charge in [-0.15, -0.1) is 0 Å². The van der Waals surface area contributed by atoms with E-state index in [1.165, 1.54) is 0 Å². The second kappa shape index (κ2) is 11.3. The first-order valence-electron chi connectivity index (χ1n) is 8.59. The summed E-state index contributed by atoms with van der Waals surface area (Å²) >= 11 is 20.4. The summed E-state index contributed by atoms with van der Waals surface area (Å²) in [4.78, 5) is 18.8. The van der Waals surface area contributed by atoms with Crippen molar-refractivity contribution in [3.63, 3.8) is 0 Å². The number of carbonyl (C=O) groups is 1. The van der Waals surface area contributed by atoms with Crippen molar-refractivity contribution in [1.29, 1.82) is 0 Å². The number of halogens is 4. The molecule has 1 amide bonds. The van der Waals surface area contributed by atoms with Gasteiger partial charge in [0.15, 0.2) is 5.75 Å². The minimum Gasteiger partial charge on any atom is -0.489 e. The maximum absolute atomic E-state index is 12.9. The lowest BCUT2D eigenvalue weighted by molar-refractivity contribution is 0.0726. The molecule has 146 valence electrons. The van der Waals surface area contributed by atoms with Gasteiger partial charge in [-0.3, -0.25) is 9.78 Å². The number of carbonyl (C=O) groups excluding carboxylic acids is 1. The maximum atomic E-state index is 12.9. The van der Waals surface area contributed by atoms with E-state index in [1.807, 2.05) is 6.07 Å². The summed E-state index contributed by atoms with van der Waals surface area (Å²) in [6.07, 6.45) is 6.38. The van der Waals surface area contributed by atoms with E-state index >= 15 is 0 Å². The number of benzene rings is 1. The van der Waals surface area contributed by atoms with Crippen LogP contribution in [0.4, 0.5) is 0 Å². The van der Waals surface area contributed by atoms with Crippen LogP contribution in [-0.4, -0.2) is 35.5 Å². The molecule has 0 unspecified atom stereocenters. The lowest BCUT2D eigenvalue weighted by atomic mass is 10.2. The molecule has 0 aliphatic heterocycles. The predicted octanol–water partition coefficient (Wildman–Crippen LogP) is 6.36. The first-order chi connectivity index (χ1) is 12.9. The van der Waals surface area contributed by atoms with Crippen molar-refractivity contribution in [2.75, 3.05) is 19.7 Å². The van der Waals surface area contributed by atoms with E-state index < -0.39 is 0 Å². The Morgan fingerprint density at radius 3 is 2.44 bits per heavy atom. The summed E-state index contributed by atoms with van der Waals surface area (Å²) in [6, 6.07) is 4.98. The summed E-state index contributed by atoms with van der Waals surface area (Å²) in [5, 5.41) is 1.14. The Kier molecular flexibility index (Phi) is 9.42. The third kappa shape index (κ3) is 6.97. The lowest BCUT2D eigenvalue weighted by Crippen LogP contribution is -2.35. The Bertz CT molecular complexity index is 766. The number of aromatic nitrogens is 1. The molecule has 4 nitrogen and oxygen atoms in total. The van der Waals surface area contributed by atoms with Crippen LogP contribution in [0.25, 0.3) is 0 Å². The molecule has 0 N–H and O–H groups in total. The van der Waals surface area contributed by atoms with E-state index in [0.717, 1.165) is 22.8 Å². The predicted molar refractivity (Wildman–Crippen MR) is 119 cm³/mol. The van der Waals surface area contributed by atoms with Gasteiger partial charge < -0.3 is 9.64 Å². The number of ether oxygens (including phenoxy) is 1. The number of nitrogens with zero attached hydrogens (tertiary/aromatic N) is 2. The molecule has 0 bridgehead atoms. The highest BCUT2D eigenvalue weighted by Crippen LogP contribution is 2.35. The van der Waals surface area contributed by atoms with Crippen LogP contribution in [0.1, 0.15) is 36.5 Å². The Hall–Kier alpha value is -0.760. The zero-order chi connectivity index (χ0) is 19.8. The summed E-state index contributed by atoms with van der Waals surface area (Å²) in [7, 11) is 0. The van der Waals surface area contributed by atoms with Crippen LogP contribution in [-0.2, 0) is 0 Å². The molecule has 1 heterocycles. The Morgan fingerprint density at radius 1 is 1.11 bits per heavy atom. The fourth-order valence-corrected chi connectivity index (χ4v) is 3.93. The smallest absolute Gasteiger partial charge is 0.255 e. The van der Waals surface area contributed by atoms with Crippen molar-refractivity contribution in [2.45, 2.75) is 26.2 Å². The monoisotopic (exact) mass is 540 g/mol. The third-order valence-corrected chi connectivity index (χ3v) is 5.21. The van der Waals surface area contributed by atoms with Gasteiger partial charge in [-0.25, -0.2) is 0 Å². The van der Waals surface area contributed by atoms with Gasteiger partial charge in [0.25, 0.3) is 5.91 Å². The average Bonchev–Trinajstić information content (AvgIpc) is 2.62. The number of unbranched alkanes of at least 4 members (excludes halogenated alkanes) is 2. The summed E-state index contributed by atoms with van der Waals surface area (Å²) in [5.74, 6) is 0.314. The van der Waals surface area contributed by atoms with E-state index in [4.69, 9.17) is 39.5 Å². The normalized spacial score (nSPS) is 10.7. The molecule has 2 rings (SSSR count). The van der Waals surface area contributed by atoms with Crippen molar-refractivity contribution in [3.8, 4) is 5.75 Å². The second-order valence-electron chi connectivity index (χ2n) is 5.94. The van der Waals surface area contributed by atoms with Crippen LogP contribution >= 0.6 is 57.4 Å². The first kappa shape index (κ1) is 22.5. The topological polar surface area (TPSA) is 42.4 Å². The highest BCUT2D eigenvalue weighted by molar-refractivity contribution is 14.1. The van der Waals surface area contributed by atoms with Gasteiger partial charge in [0, 0.05) is 27.5 Å². The van der Waals surface area contributed by atoms with Crippen LogP contribution in [0.2, 0.25) is 15.1 Å². The fraction of sp³-hybridized carbons (Fsp3) is 0.368. The van der Waals surface area contributed by atoms with Crippen molar-refractivity contribution in [2.24, 2.45) is 0 Å². The molecule has 2 aromatic rings. The molecule has 8 heteroatoms. The van der Waals surface area contributed by atoms with Gasteiger partial charge in [0.1, 0.15) is 6.61 Å². The van der Waals surface area contributed by atoms with Crippen LogP contribution in [0.15, 0.2) is 30.6 Å². The van der Waals surface area contributed by atoms with Crippen LogP contribution < -0.4 is 4.74 Å². The molecule has 0 saturated heterocycles. The van der Waals surface area contributed by atoms with E-state index in [9.17, 15) is 4.79 Å². The molecule has 0 aliphatic rings. The number of pyridine rings is 1. The van der Waals surface area contributed by atoms with E-state index in [2.05, 4.69) is 34.5 Å². The zero-order valence-electron chi connectivity index (χ0n) is 14.9. The molecule has 1 aromatic carbocycles. The highest BCUT2D eigenvalue weighted by Gasteiger charge is 2.17. The van der Waals surface area contributed by atoms with Gasteiger partial charge in [-0.05, 0) is 47.2 Å². The number of amides is 1. The Labute approximate surface area is 188 Å². The van der Waals surface area contributed by atoms with Gasteiger partial charge in [0.2, 0.25) is 0 Å². The van der Waals surface area contributed by atoms with Gasteiger partial charge >= 0.3 is 0 Å². The molecule has 0 fully saturated rings. The van der Waals surface area contributed by atoms with Gasteiger partial charge in [-0.1, -0.05) is 54.6 Å². The molecule has 0 spiro atoms. The molecule has 27 heavy (non-hydrogen) atoms. The Balaban J connectivity index is 2.05. The summed E-state index contributed by atoms with van der Waals surface area (Å²) in [6.45, 7) is 3.48. The number of hydrogen-bond acceptors (Lipinski definition) is 3. The van der Waals surface area contributed by atoms with Crippen LogP contribution in [0.3, 0.4) is 0 Å². The van der Waals surface area contributed by atoms with Crippen molar-refractivity contribution in [1.82, 2.24) is 9.88 Å². The first-order valence-corrected chi connectivity index (χ1v) is 10.8. The van der Waals surface area contributed by atoms with Crippen molar-refractivity contribution < 1.29 is 9.53 Å². The molecule has 0 radical (unpaired) electrons. The molecular weight excluding hydrogens is 521 g/mol. The second-order valence-corrected chi connectivity index (χ2v) is 8.43. The van der Waals surface area contributed by atoms with Crippen molar-refractivity contribution >= 4 is 63.3 Å². The lowest BCUT2D eigenvalue weighted by Gasteiger charge is -2.23. The van der Waals surface area contributed by atoms with Crippen LogP contribution in [0.5, 0.6) is 5.75 Å². The number of rotatable bonds is 9. The standard InChI is InChI=1S/C19H20Cl3IN2O2/c1-2-3-4-5-25(19(26)13-8-15(23)12-24-11-13)6-7-27-18-16(21)9-14(20)10-17(18)22/h8-12H,2-7H2,1H3. The fourth-order valence-electron chi connectivity index (χ4n) is 2.50. The molecule has 0 saturated carbocycles. The SMILES string of the molecule is CCCCCN(CCOc1c(Cl)cc(Cl)cc1Cl)C(=O)c1cncc(I)c1. The average molecular weight is 542 g/mol. The summed E-state index contributed by atoms with van der Waals surface area (Å²) in [5.41, 5.74) is 0.570. The van der Waals surface area contributed by atoms with Gasteiger partial charge in [0.05, 0.1) is 22.2 Å². The maximum Gasteiger partial charge on any atom is 0.255 e. The van der Waals surface area contributed by atoms with Crippen molar-refractivity contribution in [3.05, 3.63) is 54.8 Å². The third-order valence-electron chi connectivity index (χ3n) is 3.84. The largest absolute Gasteiger partial charge is 0.489 e. The zero-order valence-corrected chi connectivity index (χ0v) is 19.3. The molecular formula is C19H20Cl3IN2O2. The molecule has 0 aliphatic carbocycles. The van der Waals surface area contributed by atoms with E-state index in [1.54, 1.807) is 29.4 Å².